The van der Waals surface area contributed by atoms with Crippen molar-refractivity contribution in [2.75, 3.05) is 19.7 Å². The monoisotopic (exact) mass is 226 g/mol. The highest BCUT2D eigenvalue weighted by molar-refractivity contribution is 6.30. The average Bonchev–Trinajstić information content (AvgIpc) is 2.30. The third-order valence-corrected chi connectivity index (χ3v) is 2.70. The average molecular weight is 227 g/mol. The van der Waals surface area contributed by atoms with Crippen molar-refractivity contribution >= 4 is 18.0 Å². The summed E-state index contributed by atoms with van der Waals surface area (Å²) in [5, 5.41) is 0.440. The Balaban J connectivity index is 2.16. The zero-order valence-corrected chi connectivity index (χ0v) is 8.85. The highest BCUT2D eigenvalue weighted by Gasteiger charge is 2.22. The van der Waals surface area contributed by atoms with Gasteiger partial charge in [0.2, 0.25) is 6.41 Å². The van der Waals surface area contributed by atoms with Gasteiger partial charge in [-0.1, -0.05) is 17.7 Å². The molecule has 0 radical (unpaired) electrons. The minimum absolute atomic E-state index is 0.162. The van der Waals surface area contributed by atoms with Gasteiger partial charge < -0.3 is 9.64 Å². The minimum atomic E-state index is -0.162. The maximum Gasteiger partial charge on any atom is 0.209 e. The zero-order valence-electron chi connectivity index (χ0n) is 8.10. The van der Waals surface area contributed by atoms with E-state index in [-0.39, 0.29) is 6.10 Å². The second-order valence-electron chi connectivity index (χ2n) is 3.34. The fraction of sp³-hybridized carbons (Fsp3) is 0.400. The molecule has 1 aliphatic heterocycles. The number of hydrogen-bond acceptors (Lipinski definition) is 3. The number of hydrogen-bond donors (Lipinski definition) is 0. The van der Waals surface area contributed by atoms with E-state index >= 15 is 0 Å². The number of nitrogens with zero attached hydrogens (tertiary/aromatic N) is 2. The van der Waals surface area contributed by atoms with Crippen LogP contribution in [-0.4, -0.2) is 36.0 Å². The van der Waals surface area contributed by atoms with Crippen molar-refractivity contribution in [1.29, 1.82) is 0 Å². The Morgan fingerprint density at radius 1 is 1.67 bits per heavy atom. The van der Waals surface area contributed by atoms with Crippen molar-refractivity contribution < 1.29 is 9.53 Å². The molecule has 80 valence electrons. The van der Waals surface area contributed by atoms with Crippen LogP contribution in [0.5, 0.6) is 0 Å². The number of morpholine rings is 1. The zero-order chi connectivity index (χ0) is 10.7. The molecule has 2 rings (SSSR count). The van der Waals surface area contributed by atoms with E-state index in [0.29, 0.717) is 24.8 Å². The molecule has 4 nitrogen and oxygen atoms in total. The number of carbonyl (C=O) groups is 1. The molecule has 5 heteroatoms. The maximum atomic E-state index is 10.6. The molecule has 1 saturated heterocycles. The van der Waals surface area contributed by atoms with Crippen molar-refractivity contribution in [2.45, 2.75) is 6.10 Å². The van der Waals surface area contributed by atoms with Gasteiger partial charge in [0.1, 0.15) is 11.3 Å². The number of ether oxygens (including phenoxy) is 1. The van der Waals surface area contributed by atoms with E-state index in [9.17, 15) is 4.79 Å². The van der Waals surface area contributed by atoms with Crippen LogP contribution in [0.15, 0.2) is 18.3 Å². The standard InChI is InChI=1S/C10H11ClN2O2/c11-10-8(2-1-3-12-10)9-6-13(7-14)4-5-15-9/h1-3,7,9H,4-6H2. The van der Waals surface area contributed by atoms with Crippen LogP contribution in [0.1, 0.15) is 11.7 Å². The molecule has 1 unspecified atom stereocenters. The SMILES string of the molecule is O=CN1CCOC(c2cccnc2Cl)C1. The van der Waals surface area contributed by atoms with Gasteiger partial charge >= 0.3 is 0 Å². The molecular weight excluding hydrogens is 216 g/mol. The first-order valence-corrected chi connectivity index (χ1v) is 5.10. The van der Waals surface area contributed by atoms with E-state index in [1.165, 1.54) is 0 Å². The number of amides is 1. The number of rotatable bonds is 2. The molecule has 1 aromatic heterocycles. The molecule has 0 saturated carbocycles. The Bertz CT molecular complexity index is 359. The van der Waals surface area contributed by atoms with Crippen molar-refractivity contribution in [3.8, 4) is 0 Å². The lowest BCUT2D eigenvalue weighted by Gasteiger charge is -2.30. The Hall–Kier alpha value is -1.13. The smallest absolute Gasteiger partial charge is 0.209 e. The fourth-order valence-corrected chi connectivity index (χ4v) is 1.83. The van der Waals surface area contributed by atoms with E-state index < -0.39 is 0 Å². The predicted octanol–water partition coefficient (Wildman–Crippen LogP) is 1.26. The molecule has 0 aromatic carbocycles. The molecule has 0 aliphatic carbocycles. The summed E-state index contributed by atoms with van der Waals surface area (Å²) in [6, 6.07) is 3.68. The lowest BCUT2D eigenvalue weighted by molar-refractivity contribution is -0.125. The number of halogens is 1. The number of pyridine rings is 1. The number of aromatic nitrogens is 1. The molecule has 0 bridgehead atoms. The normalized spacial score (nSPS) is 21.4. The van der Waals surface area contributed by atoms with Crippen LogP contribution in [0.4, 0.5) is 0 Å². The van der Waals surface area contributed by atoms with Crippen LogP contribution in [0.25, 0.3) is 0 Å². The molecule has 0 N–H and O–H groups in total. The van der Waals surface area contributed by atoms with Crippen LogP contribution in [0.3, 0.4) is 0 Å². The van der Waals surface area contributed by atoms with Gasteiger partial charge in [0.05, 0.1) is 13.2 Å². The maximum absolute atomic E-state index is 10.6. The van der Waals surface area contributed by atoms with Gasteiger partial charge in [-0.25, -0.2) is 4.98 Å². The minimum Gasteiger partial charge on any atom is -0.370 e. The van der Waals surface area contributed by atoms with E-state index in [4.69, 9.17) is 16.3 Å². The van der Waals surface area contributed by atoms with Gasteiger partial charge in [-0.3, -0.25) is 4.79 Å². The summed E-state index contributed by atoms with van der Waals surface area (Å²) in [6.45, 7) is 1.71. The first-order chi connectivity index (χ1) is 7.31. The summed E-state index contributed by atoms with van der Waals surface area (Å²) in [4.78, 5) is 16.3. The molecule has 0 spiro atoms. The van der Waals surface area contributed by atoms with Crippen molar-refractivity contribution in [1.82, 2.24) is 9.88 Å². The summed E-state index contributed by atoms with van der Waals surface area (Å²) in [6.07, 6.45) is 2.30. The Kier molecular flexibility index (Phi) is 3.18. The van der Waals surface area contributed by atoms with Gasteiger partial charge in [-0.15, -0.1) is 0 Å². The van der Waals surface area contributed by atoms with E-state index in [1.54, 1.807) is 11.1 Å². The quantitative estimate of drug-likeness (QED) is 0.563. The Morgan fingerprint density at radius 2 is 2.53 bits per heavy atom. The fourth-order valence-electron chi connectivity index (χ4n) is 1.59. The van der Waals surface area contributed by atoms with Crippen LogP contribution < -0.4 is 0 Å². The van der Waals surface area contributed by atoms with Gasteiger partial charge in [0, 0.05) is 18.3 Å². The first-order valence-electron chi connectivity index (χ1n) is 4.72. The van der Waals surface area contributed by atoms with Crippen LogP contribution in [0, 0.1) is 0 Å². The van der Waals surface area contributed by atoms with Gasteiger partial charge in [0.25, 0.3) is 0 Å². The van der Waals surface area contributed by atoms with E-state index in [2.05, 4.69) is 4.98 Å². The van der Waals surface area contributed by atoms with Gasteiger partial charge in [-0.2, -0.15) is 0 Å². The topological polar surface area (TPSA) is 42.4 Å². The third-order valence-electron chi connectivity index (χ3n) is 2.38. The Labute approximate surface area is 92.8 Å². The van der Waals surface area contributed by atoms with Gasteiger partial charge in [-0.05, 0) is 6.07 Å². The summed E-state index contributed by atoms with van der Waals surface area (Å²) in [7, 11) is 0. The van der Waals surface area contributed by atoms with E-state index in [1.807, 2.05) is 12.1 Å². The van der Waals surface area contributed by atoms with E-state index in [0.717, 1.165) is 12.0 Å². The van der Waals surface area contributed by atoms with Crippen molar-refractivity contribution in [2.24, 2.45) is 0 Å². The van der Waals surface area contributed by atoms with Crippen LogP contribution >= 0.6 is 11.6 Å². The van der Waals surface area contributed by atoms with Gasteiger partial charge in [0.15, 0.2) is 0 Å². The van der Waals surface area contributed by atoms with Crippen LogP contribution in [0.2, 0.25) is 5.15 Å². The van der Waals surface area contributed by atoms with Crippen molar-refractivity contribution in [3.63, 3.8) is 0 Å². The van der Waals surface area contributed by atoms with Crippen molar-refractivity contribution in [3.05, 3.63) is 29.0 Å². The molecule has 15 heavy (non-hydrogen) atoms. The summed E-state index contributed by atoms with van der Waals surface area (Å²) in [5.41, 5.74) is 0.839. The lowest BCUT2D eigenvalue weighted by Crippen LogP contribution is -2.37. The predicted molar refractivity (Wildman–Crippen MR) is 55.6 cm³/mol. The highest BCUT2D eigenvalue weighted by atomic mass is 35.5. The molecule has 2 heterocycles. The van der Waals surface area contributed by atoms with Crippen LogP contribution in [-0.2, 0) is 9.53 Å². The largest absolute Gasteiger partial charge is 0.370 e. The number of carbonyl (C=O) groups excluding carboxylic acids is 1. The lowest BCUT2D eigenvalue weighted by atomic mass is 10.1. The first kappa shape index (κ1) is 10.4. The molecule has 1 fully saturated rings. The Morgan fingerprint density at radius 3 is 3.27 bits per heavy atom. The second kappa shape index (κ2) is 4.59. The molecule has 1 aliphatic rings. The second-order valence-corrected chi connectivity index (χ2v) is 3.70. The summed E-state index contributed by atoms with van der Waals surface area (Å²) >= 11 is 5.95. The highest BCUT2D eigenvalue weighted by Crippen LogP contribution is 2.26. The summed E-state index contributed by atoms with van der Waals surface area (Å²) < 4.78 is 5.55. The molecule has 1 aromatic rings. The summed E-state index contributed by atoms with van der Waals surface area (Å²) in [5.74, 6) is 0. The molecular formula is C10H11ClN2O2. The third kappa shape index (κ3) is 2.27. The molecule has 1 atom stereocenters. The molecule has 1 amide bonds.